The highest BCUT2D eigenvalue weighted by Gasteiger charge is 2.15. The third-order valence-corrected chi connectivity index (χ3v) is 5.24. The first-order valence-electron chi connectivity index (χ1n) is 7.45. The van der Waals surface area contributed by atoms with Crippen molar-refractivity contribution >= 4 is 32.6 Å². The van der Waals surface area contributed by atoms with Gasteiger partial charge in [0.1, 0.15) is 11.5 Å². The van der Waals surface area contributed by atoms with Gasteiger partial charge < -0.3 is 9.64 Å². The summed E-state index contributed by atoms with van der Waals surface area (Å²) >= 11 is 3.39. The number of methoxy groups -OCH3 is 1. The molecule has 0 unspecified atom stereocenters. The number of halogens is 1. The third-order valence-electron chi connectivity index (χ3n) is 3.53. The zero-order valence-electron chi connectivity index (χ0n) is 13.7. The Morgan fingerprint density at radius 1 is 1.21 bits per heavy atom. The first-order valence-corrected chi connectivity index (χ1v) is 9.73. The van der Waals surface area contributed by atoms with Crippen LogP contribution in [0.2, 0.25) is 0 Å². The maximum absolute atomic E-state index is 12.3. The van der Waals surface area contributed by atoms with Gasteiger partial charge in [0.15, 0.2) is 0 Å². The van der Waals surface area contributed by atoms with Crippen molar-refractivity contribution in [3.63, 3.8) is 0 Å². The van der Waals surface area contributed by atoms with Crippen molar-refractivity contribution in [1.29, 1.82) is 0 Å². The van der Waals surface area contributed by atoms with Crippen LogP contribution in [0.4, 0.5) is 0 Å². The van der Waals surface area contributed by atoms with Gasteiger partial charge in [0.05, 0.1) is 7.11 Å². The molecule has 0 saturated carbocycles. The Labute approximate surface area is 153 Å². The Morgan fingerprint density at radius 2 is 1.96 bits per heavy atom. The highest BCUT2D eigenvalue weighted by Crippen LogP contribution is 2.19. The van der Waals surface area contributed by atoms with Gasteiger partial charge in [-0.2, -0.15) is 0 Å². The molecule has 0 spiro atoms. The molecule has 0 saturated heterocycles. The summed E-state index contributed by atoms with van der Waals surface area (Å²) in [6, 6.07) is 15.2. The molecule has 0 N–H and O–H groups in total. The lowest BCUT2D eigenvalue weighted by molar-refractivity contribution is -0.127. The summed E-state index contributed by atoms with van der Waals surface area (Å²) in [5.41, 5.74) is 1.87. The molecule has 0 fully saturated rings. The fourth-order valence-electron chi connectivity index (χ4n) is 2.29. The molecule has 24 heavy (non-hydrogen) atoms. The maximum atomic E-state index is 12.3. The predicted octanol–water partition coefficient (Wildman–Crippen LogP) is 3.37. The smallest absolute Gasteiger partial charge is 0.235 e. The second-order valence-corrected chi connectivity index (χ2v) is 7.79. The molecule has 1 amide bonds. The second kappa shape index (κ2) is 8.99. The Balaban J connectivity index is 1.92. The number of amides is 1. The van der Waals surface area contributed by atoms with E-state index in [-0.39, 0.29) is 11.7 Å². The lowest BCUT2D eigenvalue weighted by Gasteiger charge is -2.18. The van der Waals surface area contributed by atoms with E-state index < -0.39 is 10.8 Å². The average molecular weight is 410 g/mol. The first-order chi connectivity index (χ1) is 11.5. The van der Waals surface area contributed by atoms with Crippen molar-refractivity contribution in [2.24, 2.45) is 0 Å². The molecule has 0 radical (unpaired) electrons. The van der Waals surface area contributed by atoms with E-state index in [0.717, 1.165) is 21.3 Å². The molecular weight excluding hydrogens is 390 g/mol. The summed E-state index contributed by atoms with van der Waals surface area (Å²) in [7, 11) is 2.08. The Bertz CT molecular complexity index is 736. The SMILES string of the molecule is COc1ccccc1CN(C)C(=O)C[S@@](=O)Cc1cccc(Br)c1. The molecule has 2 aromatic carbocycles. The summed E-state index contributed by atoms with van der Waals surface area (Å²) in [5, 5.41) is 0. The molecule has 0 aliphatic carbocycles. The standard InChI is InChI=1S/C18H20BrNO3S/c1-20(11-15-7-3-4-9-17(15)23-2)18(21)13-24(22)12-14-6-5-8-16(19)10-14/h3-10H,11-13H2,1-2H3/t24-/m0/s1. The van der Waals surface area contributed by atoms with Gasteiger partial charge in [-0.3, -0.25) is 9.00 Å². The third kappa shape index (κ3) is 5.46. The molecule has 4 nitrogen and oxygen atoms in total. The van der Waals surface area contributed by atoms with Crippen LogP contribution in [-0.2, 0) is 27.9 Å². The van der Waals surface area contributed by atoms with Crippen molar-refractivity contribution in [2.75, 3.05) is 19.9 Å². The lowest BCUT2D eigenvalue weighted by atomic mass is 10.2. The van der Waals surface area contributed by atoms with E-state index in [1.54, 1.807) is 19.1 Å². The van der Waals surface area contributed by atoms with E-state index in [1.807, 2.05) is 48.5 Å². The first kappa shape index (κ1) is 18.7. The minimum Gasteiger partial charge on any atom is -0.496 e. The van der Waals surface area contributed by atoms with E-state index in [1.165, 1.54) is 0 Å². The number of nitrogens with zero attached hydrogens (tertiary/aromatic N) is 1. The Hall–Kier alpha value is -1.66. The molecule has 0 heterocycles. The largest absolute Gasteiger partial charge is 0.496 e. The minimum atomic E-state index is -1.24. The van der Waals surface area contributed by atoms with Gasteiger partial charge in [0.2, 0.25) is 5.91 Å². The quantitative estimate of drug-likeness (QED) is 0.703. The van der Waals surface area contributed by atoms with Crippen molar-refractivity contribution in [3.8, 4) is 5.75 Å². The van der Waals surface area contributed by atoms with Gasteiger partial charge in [-0.05, 0) is 23.8 Å². The highest BCUT2D eigenvalue weighted by molar-refractivity contribution is 9.10. The molecule has 0 bridgehead atoms. The number of rotatable bonds is 7. The second-order valence-electron chi connectivity index (χ2n) is 5.42. The van der Waals surface area contributed by atoms with Crippen LogP contribution in [-0.4, -0.2) is 34.9 Å². The Morgan fingerprint density at radius 3 is 2.67 bits per heavy atom. The molecular formula is C18H20BrNO3S. The topological polar surface area (TPSA) is 46.6 Å². The number of benzene rings is 2. The lowest BCUT2D eigenvalue weighted by Crippen LogP contribution is -2.30. The molecule has 2 rings (SSSR count). The van der Waals surface area contributed by atoms with Gasteiger partial charge in [0.25, 0.3) is 0 Å². The predicted molar refractivity (Wildman–Crippen MR) is 100 cm³/mol. The van der Waals surface area contributed by atoms with E-state index in [9.17, 15) is 9.00 Å². The van der Waals surface area contributed by atoms with Crippen LogP contribution in [0.15, 0.2) is 53.0 Å². The van der Waals surface area contributed by atoms with Crippen molar-refractivity contribution in [2.45, 2.75) is 12.3 Å². The number of carbonyl (C=O) groups is 1. The minimum absolute atomic E-state index is 0.0121. The van der Waals surface area contributed by atoms with Gasteiger partial charge in [-0.15, -0.1) is 0 Å². The molecule has 0 aliphatic heterocycles. The van der Waals surface area contributed by atoms with Gasteiger partial charge >= 0.3 is 0 Å². The van der Waals surface area contributed by atoms with E-state index in [4.69, 9.17) is 4.74 Å². The number of ether oxygens (including phenoxy) is 1. The molecule has 0 aliphatic rings. The summed E-state index contributed by atoms with van der Waals surface area (Å²) in [4.78, 5) is 13.9. The molecule has 6 heteroatoms. The van der Waals surface area contributed by atoms with E-state index in [0.29, 0.717) is 12.3 Å². The Kier molecular flexibility index (Phi) is 6.99. The zero-order chi connectivity index (χ0) is 17.5. The van der Waals surface area contributed by atoms with Crippen LogP contribution in [0.3, 0.4) is 0 Å². The van der Waals surface area contributed by atoms with Gasteiger partial charge in [-0.25, -0.2) is 0 Å². The van der Waals surface area contributed by atoms with Crippen molar-refractivity contribution < 1.29 is 13.7 Å². The average Bonchev–Trinajstić information content (AvgIpc) is 2.55. The number of para-hydroxylation sites is 1. The maximum Gasteiger partial charge on any atom is 0.235 e. The van der Waals surface area contributed by atoms with E-state index in [2.05, 4.69) is 15.9 Å². The van der Waals surface area contributed by atoms with Crippen LogP contribution in [0, 0.1) is 0 Å². The van der Waals surface area contributed by atoms with Gasteiger partial charge in [-0.1, -0.05) is 46.3 Å². The normalized spacial score (nSPS) is 11.8. The number of hydrogen-bond donors (Lipinski definition) is 0. The highest BCUT2D eigenvalue weighted by atomic mass is 79.9. The fraction of sp³-hybridized carbons (Fsp3) is 0.278. The summed E-state index contributed by atoms with van der Waals surface area (Å²) in [6.45, 7) is 0.428. The summed E-state index contributed by atoms with van der Waals surface area (Å²) < 4.78 is 18.5. The fourth-order valence-corrected chi connectivity index (χ4v) is 3.88. The molecule has 1 atom stereocenters. The van der Waals surface area contributed by atoms with E-state index >= 15 is 0 Å². The molecule has 2 aromatic rings. The van der Waals surface area contributed by atoms with Crippen LogP contribution >= 0.6 is 15.9 Å². The van der Waals surface area contributed by atoms with Gasteiger partial charge in [0, 0.05) is 40.2 Å². The monoisotopic (exact) mass is 409 g/mol. The molecule has 128 valence electrons. The van der Waals surface area contributed by atoms with Crippen LogP contribution in [0.5, 0.6) is 5.75 Å². The zero-order valence-corrected chi connectivity index (χ0v) is 16.1. The number of hydrogen-bond acceptors (Lipinski definition) is 3. The summed E-state index contributed by atoms with van der Waals surface area (Å²) in [6.07, 6.45) is 0. The number of carbonyl (C=O) groups excluding carboxylic acids is 1. The van der Waals surface area contributed by atoms with Crippen molar-refractivity contribution in [3.05, 3.63) is 64.1 Å². The summed E-state index contributed by atoms with van der Waals surface area (Å²) in [5.74, 6) is 0.980. The van der Waals surface area contributed by atoms with Crippen LogP contribution in [0.1, 0.15) is 11.1 Å². The van der Waals surface area contributed by atoms with Crippen LogP contribution < -0.4 is 4.74 Å². The molecule has 0 aromatic heterocycles. The van der Waals surface area contributed by atoms with Crippen molar-refractivity contribution in [1.82, 2.24) is 4.90 Å². The van der Waals surface area contributed by atoms with Crippen LogP contribution in [0.25, 0.3) is 0 Å².